The van der Waals surface area contributed by atoms with E-state index in [4.69, 9.17) is 9.31 Å². The van der Waals surface area contributed by atoms with Crippen molar-refractivity contribution in [2.45, 2.75) is 38.9 Å². The van der Waals surface area contributed by atoms with Crippen LogP contribution < -0.4 is 5.46 Å². The smallest absolute Gasteiger partial charge is 0.399 e. The van der Waals surface area contributed by atoms with Crippen LogP contribution in [0.5, 0.6) is 0 Å². The fourth-order valence-electron chi connectivity index (χ4n) is 5.00. The topological polar surface area (TPSA) is 18.5 Å². The number of rotatable bonds is 3. The van der Waals surface area contributed by atoms with Crippen molar-refractivity contribution < 1.29 is 9.31 Å². The van der Waals surface area contributed by atoms with Crippen LogP contribution in [0, 0.1) is 0 Å². The number of hydrogen-bond acceptors (Lipinski definition) is 2. The van der Waals surface area contributed by atoms with Gasteiger partial charge in [-0.1, -0.05) is 97.1 Å². The molecule has 1 aliphatic rings. The van der Waals surface area contributed by atoms with E-state index in [9.17, 15) is 0 Å². The first-order chi connectivity index (χ1) is 16.8. The molecule has 172 valence electrons. The monoisotopic (exact) mass is 456 g/mol. The third-order valence-corrected chi connectivity index (χ3v) is 7.71. The van der Waals surface area contributed by atoms with Crippen molar-refractivity contribution in [3.05, 3.63) is 103 Å². The maximum atomic E-state index is 6.32. The Kier molecular flexibility index (Phi) is 5.10. The largest absolute Gasteiger partial charge is 0.494 e. The summed E-state index contributed by atoms with van der Waals surface area (Å²) in [5.41, 5.74) is 5.18. The third kappa shape index (κ3) is 3.76. The molecule has 1 heterocycles. The molecule has 0 radical (unpaired) electrons. The second-order valence-corrected chi connectivity index (χ2v) is 10.5. The van der Waals surface area contributed by atoms with E-state index in [1.165, 1.54) is 43.8 Å². The molecular weight excluding hydrogens is 427 g/mol. The summed E-state index contributed by atoms with van der Waals surface area (Å²) in [5.74, 6) is 0. The van der Waals surface area contributed by atoms with E-state index in [-0.39, 0.29) is 18.3 Å². The van der Waals surface area contributed by atoms with E-state index >= 15 is 0 Å². The van der Waals surface area contributed by atoms with Gasteiger partial charge in [0.25, 0.3) is 0 Å². The highest BCUT2D eigenvalue weighted by molar-refractivity contribution is 6.62. The second-order valence-electron chi connectivity index (χ2n) is 10.5. The Labute approximate surface area is 207 Å². The Balaban J connectivity index is 1.44. The minimum Gasteiger partial charge on any atom is -0.399 e. The molecule has 35 heavy (non-hydrogen) atoms. The van der Waals surface area contributed by atoms with Crippen molar-refractivity contribution in [1.82, 2.24) is 0 Å². The Bertz CT molecular complexity index is 1550. The number of hydrogen-bond donors (Lipinski definition) is 0. The molecule has 1 saturated heterocycles. The zero-order valence-corrected chi connectivity index (χ0v) is 20.7. The molecule has 1 aliphatic heterocycles. The Hall–Kier alpha value is -3.40. The summed E-state index contributed by atoms with van der Waals surface area (Å²) in [6.45, 7) is 8.37. The molecule has 2 nitrogen and oxygen atoms in total. The van der Waals surface area contributed by atoms with Gasteiger partial charge in [-0.15, -0.1) is 0 Å². The lowest BCUT2D eigenvalue weighted by Gasteiger charge is -2.32. The van der Waals surface area contributed by atoms with E-state index in [0.717, 1.165) is 5.46 Å². The van der Waals surface area contributed by atoms with Gasteiger partial charge in [-0.3, -0.25) is 0 Å². The minimum absolute atomic E-state index is 0.359. The van der Waals surface area contributed by atoms with Gasteiger partial charge in [0.1, 0.15) is 0 Å². The Morgan fingerprint density at radius 3 is 1.74 bits per heavy atom. The van der Waals surface area contributed by atoms with Gasteiger partial charge in [0.15, 0.2) is 0 Å². The van der Waals surface area contributed by atoms with Crippen LogP contribution in [0.25, 0.3) is 43.8 Å². The summed E-state index contributed by atoms with van der Waals surface area (Å²) in [5, 5.41) is 5.01. The van der Waals surface area contributed by atoms with Gasteiger partial charge >= 0.3 is 7.12 Å². The highest BCUT2D eigenvalue weighted by Crippen LogP contribution is 2.38. The van der Waals surface area contributed by atoms with E-state index in [1.807, 2.05) is 0 Å². The van der Waals surface area contributed by atoms with Crippen molar-refractivity contribution in [1.29, 1.82) is 0 Å². The highest BCUT2D eigenvalue weighted by Gasteiger charge is 2.51. The van der Waals surface area contributed by atoms with Gasteiger partial charge in [0.2, 0.25) is 0 Å². The molecule has 5 aromatic carbocycles. The molecule has 0 spiro atoms. The normalized spacial score (nSPS) is 16.7. The second kappa shape index (κ2) is 8.08. The molecule has 0 saturated carbocycles. The van der Waals surface area contributed by atoms with Crippen LogP contribution in [0.2, 0.25) is 0 Å². The Morgan fingerprint density at radius 1 is 0.514 bits per heavy atom. The highest BCUT2D eigenvalue weighted by atomic mass is 16.7. The molecule has 0 aliphatic carbocycles. The third-order valence-electron chi connectivity index (χ3n) is 7.71. The average molecular weight is 456 g/mol. The van der Waals surface area contributed by atoms with Crippen LogP contribution >= 0.6 is 0 Å². The van der Waals surface area contributed by atoms with Crippen LogP contribution in [0.3, 0.4) is 0 Å². The van der Waals surface area contributed by atoms with Gasteiger partial charge in [-0.2, -0.15) is 0 Å². The summed E-state index contributed by atoms with van der Waals surface area (Å²) in [4.78, 5) is 0. The lowest BCUT2D eigenvalue weighted by molar-refractivity contribution is 0.00578. The Morgan fingerprint density at radius 2 is 1.09 bits per heavy atom. The van der Waals surface area contributed by atoms with Crippen molar-refractivity contribution >= 4 is 34.1 Å². The summed E-state index contributed by atoms with van der Waals surface area (Å²) in [6.07, 6.45) is 0. The van der Waals surface area contributed by atoms with Gasteiger partial charge in [0, 0.05) is 0 Å². The van der Waals surface area contributed by atoms with Crippen molar-refractivity contribution in [2.75, 3.05) is 0 Å². The predicted molar refractivity (Wildman–Crippen MR) is 148 cm³/mol. The predicted octanol–water partition coefficient (Wildman–Crippen LogP) is 7.63. The van der Waals surface area contributed by atoms with E-state index in [1.54, 1.807) is 0 Å². The number of benzene rings is 5. The number of fused-ring (bicyclic) bond motifs is 2. The molecular formula is C32H29BO2. The van der Waals surface area contributed by atoms with Gasteiger partial charge in [0.05, 0.1) is 11.2 Å². The molecule has 0 atom stereocenters. The van der Waals surface area contributed by atoms with Gasteiger partial charge in [-0.25, -0.2) is 0 Å². The summed E-state index contributed by atoms with van der Waals surface area (Å²) in [7, 11) is -0.372. The standard InChI is InChI=1S/C32H29BO2/c1-31(2)32(3,4)35-33(34-31)26-13-7-12-24(21-26)27-14-8-17-30-28(15-9-16-29(27)30)25-19-18-22-10-5-6-11-23(22)20-25/h5-21H,1-4H3. The van der Waals surface area contributed by atoms with E-state index in [0.29, 0.717) is 0 Å². The molecule has 6 rings (SSSR count). The first kappa shape index (κ1) is 22.1. The maximum absolute atomic E-state index is 6.32. The van der Waals surface area contributed by atoms with E-state index in [2.05, 4.69) is 131 Å². The lowest BCUT2D eigenvalue weighted by Crippen LogP contribution is -2.41. The molecule has 5 aromatic rings. The van der Waals surface area contributed by atoms with Crippen molar-refractivity contribution in [3.8, 4) is 22.3 Å². The fraction of sp³-hybridized carbons (Fsp3) is 0.188. The fourth-order valence-corrected chi connectivity index (χ4v) is 5.00. The van der Waals surface area contributed by atoms with Crippen molar-refractivity contribution in [2.24, 2.45) is 0 Å². The maximum Gasteiger partial charge on any atom is 0.494 e. The molecule has 1 fully saturated rings. The average Bonchev–Trinajstić information content (AvgIpc) is 3.09. The van der Waals surface area contributed by atoms with Crippen molar-refractivity contribution in [3.63, 3.8) is 0 Å². The summed E-state index contributed by atoms with van der Waals surface area (Å²) in [6, 6.07) is 37.0. The summed E-state index contributed by atoms with van der Waals surface area (Å²) < 4.78 is 12.6. The quantitative estimate of drug-likeness (QED) is 0.260. The molecule has 3 heteroatoms. The minimum atomic E-state index is -0.372. The van der Waals surface area contributed by atoms with Crippen LogP contribution in [0.4, 0.5) is 0 Å². The van der Waals surface area contributed by atoms with E-state index < -0.39 is 0 Å². The van der Waals surface area contributed by atoms with Crippen LogP contribution in [-0.2, 0) is 9.31 Å². The van der Waals surface area contributed by atoms with Crippen LogP contribution in [0.1, 0.15) is 27.7 Å². The first-order valence-corrected chi connectivity index (χ1v) is 12.3. The molecule has 0 bridgehead atoms. The van der Waals surface area contributed by atoms with Crippen LogP contribution in [-0.4, -0.2) is 18.3 Å². The molecule has 0 amide bonds. The van der Waals surface area contributed by atoms with Gasteiger partial charge in [-0.05, 0) is 83.0 Å². The van der Waals surface area contributed by atoms with Gasteiger partial charge < -0.3 is 9.31 Å². The SMILES string of the molecule is CC1(C)OB(c2cccc(-c3cccc4c(-c5ccc6ccccc6c5)cccc34)c2)OC1(C)C. The molecule has 0 aromatic heterocycles. The zero-order chi connectivity index (χ0) is 24.2. The zero-order valence-electron chi connectivity index (χ0n) is 20.7. The van der Waals surface area contributed by atoms with Crippen LogP contribution in [0.15, 0.2) is 103 Å². The summed E-state index contributed by atoms with van der Waals surface area (Å²) >= 11 is 0. The molecule has 0 N–H and O–H groups in total. The first-order valence-electron chi connectivity index (χ1n) is 12.3. The molecule has 0 unspecified atom stereocenters. The lowest BCUT2D eigenvalue weighted by atomic mass is 9.77.